The number of carbonyl (C=O) groups excluding carboxylic acids is 3. The minimum Gasteiger partial charge on any atom is -0.465 e. The van der Waals surface area contributed by atoms with Crippen molar-refractivity contribution in [2.75, 3.05) is 13.7 Å². The van der Waals surface area contributed by atoms with Gasteiger partial charge in [-0.05, 0) is 43.0 Å². The molecule has 1 saturated heterocycles. The third-order valence-electron chi connectivity index (χ3n) is 3.68. The van der Waals surface area contributed by atoms with E-state index in [1.807, 2.05) is 0 Å². The van der Waals surface area contributed by atoms with E-state index in [1.54, 1.807) is 49.4 Å². The molecule has 1 aliphatic heterocycles. The van der Waals surface area contributed by atoms with Gasteiger partial charge in [-0.25, -0.2) is 4.79 Å². The Morgan fingerprint density at radius 3 is 2.52 bits per heavy atom. The summed E-state index contributed by atoms with van der Waals surface area (Å²) in [5, 5.41) is -0.274. The van der Waals surface area contributed by atoms with Crippen LogP contribution in [-0.4, -0.2) is 35.7 Å². The van der Waals surface area contributed by atoms with E-state index in [0.29, 0.717) is 28.5 Å². The van der Waals surface area contributed by atoms with Crippen LogP contribution in [0.4, 0.5) is 4.79 Å². The van der Waals surface area contributed by atoms with Crippen LogP contribution in [0.1, 0.15) is 23.0 Å². The first-order valence-electron chi connectivity index (χ1n) is 7.57. The molecule has 3 rings (SSSR count). The zero-order valence-corrected chi connectivity index (χ0v) is 14.5. The number of benzene rings is 1. The van der Waals surface area contributed by atoms with Crippen LogP contribution in [0.15, 0.2) is 45.7 Å². The fourth-order valence-electron chi connectivity index (χ4n) is 2.38. The summed E-state index contributed by atoms with van der Waals surface area (Å²) in [7, 11) is 1.33. The van der Waals surface area contributed by atoms with Crippen LogP contribution in [0.5, 0.6) is 0 Å². The van der Waals surface area contributed by atoms with E-state index in [2.05, 4.69) is 4.74 Å². The zero-order chi connectivity index (χ0) is 18.0. The van der Waals surface area contributed by atoms with E-state index in [1.165, 1.54) is 12.0 Å². The number of furan rings is 1. The molecule has 0 N–H and O–H groups in total. The summed E-state index contributed by atoms with van der Waals surface area (Å²) in [6.07, 6.45) is 1.56. The molecule has 1 fully saturated rings. The van der Waals surface area contributed by atoms with Gasteiger partial charge in [0, 0.05) is 18.2 Å². The van der Waals surface area contributed by atoms with E-state index < -0.39 is 5.97 Å². The van der Waals surface area contributed by atoms with Crippen molar-refractivity contribution in [3.63, 3.8) is 0 Å². The summed E-state index contributed by atoms with van der Waals surface area (Å²) >= 11 is 0.901. The Morgan fingerprint density at radius 1 is 1.20 bits per heavy atom. The van der Waals surface area contributed by atoms with Gasteiger partial charge in [0.25, 0.3) is 11.1 Å². The standard InChI is InChI=1S/C18H15NO5S/c1-3-19-16(20)15(25-18(19)22)10-13-8-9-14(24-13)11-4-6-12(7-5-11)17(21)23-2/h4-10H,3H2,1-2H3/b15-10+. The number of nitrogens with zero attached hydrogens (tertiary/aromatic N) is 1. The predicted molar refractivity (Wildman–Crippen MR) is 93.8 cm³/mol. The highest BCUT2D eigenvalue weighted by Gasteiger charge is 2.33. The highest BCUT2D eigenvalue weighted by Crippen LogP contribution is 2.33. The van der Waals surface area contributed by atoms with Crippen molar-refractivity contribution < 1.29 is 23.5 Å². The van der Waals surface area contributed by atoms with Gasteiger partial charge in [0.15, 0.2) is 0 Å². The molecule has 2 amide bonds. The van der Waals surface area contributed by atoms with Gasteiger partial charge >= 0.3 is 5.97 Å². The lowest BCUT2D eigenvalue weighted by Crippen LogP contribution is -2.27. The summed E-state index contributed by atoms with van der Waals surface area (Å²) in [4.78, 5) is 36.8. The maximum atomic E-state index is 12.1. The molecule has 0 aliphatic carbocycles. The Balaban J connectivity index is 1.81. The molecule has 2 heterocycles. The summed E-state index contributed by atoms with van der Waals surface area (Å²) in [6.45, 7) is 2.10. The number of hydrogen-bond donors (Lipinski definition) is 0. The molecule has 128 valence electrons. The van der Waals surface area contributed by atoms with Crippen molar-refractivity contribution in [1.29, 1.82) is 0 Å². The zero-order valence-electron chi connectivity index (χ0n) is 13.6. The van der Waals surface area contributed by atoms with Crippen LogP contribution in [-0.2, 0) is 9.53 Å². The van der Waals surface area contributed by atoms with E-state index in [4.69, 9.17) is 4.42 Å². The monoisotopic (exact) mass is 357 g/mol. The van der Waals surface area contributed by atoms with Crippen molar-refractivity contribution in [1.82, 2.24) is 4.90 Å². The Kier molecular flexibility index (Phi) is 4.76. The van der Waals surface area contributed by atoms with Crippen molar-refractivity contribution in [2.45, 2.75) is 6.92 Å². The molecule has 1 aromatic heterocycles. The summed E-state index contributed by atoms with van der Waals surface area (Å²) in [5.41, 5.74) is 1.24. The van der Waals surface area contributed by atoms with Gasteiger partial charge in [0.2, 0.25) is 0 Å². The molecule has 0 unspecified atom stereocenters. The number of thioether (sulfide) groups is 1. The van der Waals surface area contributed by atoms with Gasteiger partial charge in [0.1, 0.15) is 11.5 Å². The summed E-state index contributed by atoms with van der Waals surface area (Å²) in [5.74, 6) is 0.363. The fraction of sp³-hybridized carbons (Fsp3) is 0.167. The second-order valence-corrected chi connectivity index (χ2v) is 6.19. The Morgan fingerprint density at radius 2 is 1.92 bits per heavy atom. The molecular formula is C18H15NO5S. The molecule has 1 aliphatic rings. The third-order valence-corrected chi connectivity index (χ3v) is 4.59. The molecule has 0 bridgehead atoms. The van der Waals surface area contributed by atoms with E-state index in [0.717, 1.165) is 17.3 Å². The van der Waals surface area contributed by atoms with E-state index in [9.17, 15) is 14.4 Å². The summed E-state index contributed by atoms with van der Waals surface area (Å²) in [6, 6.07) is 10.3. The van der Waals surface area contributed by atoms with Crippen LogP contribution in [0.25, 0.3) is 17.4 Å². The Hall–Kier alpha value is -2.80. The molecule has 25 heavy (non-hydrogen) atoms. The largest absolute Gasteiger partial charge is 0.465 e. The average molecular weight is 357 g/mol. The second-order valence-electron chi connectivity index (χ2n) is 5.20. The number of imide groups is 1. The molecular weight excluding hydrogens is 342 g/mol. The molecule has 0 spiro atoms. The van der Waals surface area contributed by atoms with Crippen LogP contribution in [0, 0.1) is 0 Å². The second kappa shape index (κ2) is 6.98. The number of esters is 1. The molecule has 6 nitrogen and oxygen atoms in total. The van der Waals surface area contributed by atoms with Crippen LogP contribution >= 0.6 is 11.8 Å². The van der Waals surface area contributed by atoms with Gasteiger partial charge in [0.05, 0.1) is 17.6 Å². The highest BCUT2D eigenvalue weighted by atomic mass is 32.2. The average Bonchev–Trinajstić information content (AvgIpc) is 3.19. The predicted octanol–water partition coefficient (Wildman–Crippen LogP) is 3.79. The Bertz CT molecular complexity index is 866. The maximum absolute atomic E-state index is 12.1. The van der Waals surface area contributed by atoms with E-state index >= 15 is 0 Å². The number of amides is 2. The molecule has 0 atom stereocenters. The maximum Gasteiger partial charge on any atom is 0.337 e. The highest BCUT2D eigenvalue weighted by molar-refractivity contribution is 8.18. The number of hydrogen-bond acceptors (Lipinski definition) is 6. The number of ether oxygens (including phenoxy) is 1. The van der Waals surface area contributed by atoms with Gasteiger partial charge in [-0.15, -0.1) is 0 Å². The smallest absolute Gasteiger partial charge is 0.337 e. The minimum absolute atomic E-state index is 0.274. The number of carbonyl (C=O) groups is 3. The van der Waals surface area contributed by atoms with Gasteiger partial charge < -0.3 is 9.15 Å². The first kappa shape index (κ1) is 17.0. The Labute approximate surface area is 148 Å². The summed E-state index contributed by atoms with van der Waals surface area (Å²) < 4.78 is 10.4. The lowest BCUT2D eigenvalue weighted by Gasteiger charge is -2.06. The molecule has 0 radical (unpaired) electrons. The van der Waals surface area contributed by atoms with Crippen molar-refractivity contribution in [2.24, 2.45) is 0 Å². The quantitative estimate of drug-likeness (QED) is 0.612. The lowest BCUT2D eigenvalue weighted by atomic mass is 10.1. The van der Waals surface area contributed by atoms with Crippen molar-refractivity contribution in [3.8, 4) is 11.3 Å². The van der Waals surface area contributed by atoms with Gasteiger partial charge in [-0.1, -0.05) is 12.1 Å². The van der Waals surface area contributed by atoms with Crippen molar-refractivity contribution >= 4 is 35.0 Å². The lowest BCUT2D eigenvalue weighted by molar-refractivity contribution is -0.122. The number of methoxy groups -OCH3 is 1. The molecule has 0 saturated carbocycles. The normalized spacial score (nSPS) is 15.9. The third kappa shape index (κ3) is 3.36. The molecule has 2 aromatic rings. The molecule has 1 aromatic carbocycles. The minimum atomic E-state index is -0.404. The first-order valence-corrected chi connectivity index (χ1v) is 8.39. The number of rotatable bonds is 4. The molecule has 7 heteroatoms. The van der Waals surface area contributed by atoms with Gasteiger partial charge in [-0.2, -0.15) is 0 Å². The van der Waals surface area contributed by atoms with E-state index in [-0.39, 0.29) is 11.1 Å². The van der Waals surface area contributed by atoms with Crippen LogP contribution in [0.2, 0.25) is 0 Å². The van der Waals surface area contributed by atoms with Gasteiger partial charge in [-0.3, -0.25) is 14.5 Å². The number of likely N-dealkylation sites (N-methyl/N-ethyl adjacent to an activating group) is 1. The topological polar surface area (TPSA) is 76.8 Å². The van der Waals surface area contributed by atoms with Crippen LogP contribution in [0.3, 0.4) is 0 Å². The van der Waals surface area contributed by atoms with Crippen LogP contribution < -0.4 is 0 Å². The van der Waals surface area contributed by atoms with Crippen molar-refractivity contribution in [3.05, 3.63) is 52.6 Å². The first-order chi connectivity index (χ1) is 12.0. The SMILES string of the molecule is CCN1C(=O)S/C(=C/c2ccc(-c3ccc(C(=O)OC)cc3)o2)C1=O. The fourth-order valence-corrected chi connectivity index (χ4v) is 3.26.